The Hall–Kier alpha value is -1.14. The SMILES string of the molecule is NC(=O)C(C(N)=O)C(O)O. The van der Waals surface area contributed by atoms with Gasteiger partial charge in [0.25, 0.3) is 0 Å². The highest BCUT2D eigenvalue weighted by Crippen LogP contribution is 1.97. The number of hydrogen-bond acceptors (Lipinski definition) is 4. The lowest BCUT2D eigenvalue weighted by Gasteiger charge is -2.09. The number of amides is 2. The molecule has 0 aromatic carbocycles. The van der Waals surface area contributed by atoms with E-state index in [1.165, 1.54) is 0 Å². The van der Waals surface area contributed by atoms with E-state index in [9.17, 15) is 9.59 Å². The molecule has 0 aliphatic heterocycles. The van der Waals surface area contributed by atoms with E-state index in [-0.39, 0.29) is 0 Å². The fourth-order valence-electron chi connectivity index (χ4n) is 0.434. The number of nitrogens with two attached hydrogens (primary N) is 2. The van der Waals surface area contributed by atoms with Crippen LogP contribution in [0.4, 0.5) is 0 Å². The second-order valence-corrected chi connectivity index (χ2v) is 1.70. The van der Waals surface area contributed by atoms with Gasteiger partial charge in [-0.15, -0.1) is 0 Å². The van der Waals surface area contributed by atoms with Gasteiger partial charge >= 0.3 is 0 Å². The Morgan fingerprint density at radius 2 is 1.40 bits per heavy atom. The summed E-state index contributed by atoms with van der Waals surface area (Å²) < 4.78 is 0. The average Bonchev–Trinajstić information content (AvgIpc) is 1.59. The zero-order valence-corrected chi connectivity index (χ0v) is 5.02. The molecule has 0 aliphatic carbocycles. The molecular weight excluding hydrogens is 140 g/mol. The average molecular weight is 148 g/mol. The van der Waals surface area contributed by atoms with Gasteiger partial charge in [-0.05, 0) is 0 Å². The predicted octanol–water partition coefficient (Wildman–Crippen LogP) is -3.12. The van der Waals surface area contributed by atoms with E-state index in [2.05, 4.69) is 11.5 Å². The topological polar surface area (TPSA) is 127 Å². The van der Waals surface area contributed by atoms with Gasteiger partial charge in [0.15, 0.2) is 12.2 Å². The molecule has 6 nitrogen and oxygen atoms in total. The van der Waals surface area contributed by atoms with E-state index in [0.717, 1.165) is 0 Å². The molecule has 0 heterocycles. The van der Waals surface area contributed by atoms with Gasteiger partial charge in [0, 0.05) is 0 Å². The van der Waals surface area contributed by atoms with Crippen LogP contribution >= 0.6 is 0 Å². The van der Waals surface area contributed by atoms with Crippen LogP contribution in [0.5, 0.6) is 0 Å². The van der Waals surface area contributed by atoms with Crippen LogP contribution in [0.1, 0.15) is 0 Å². The summed E-state index contributed by atoms with van der Waals surface area (Å²) in [4.78, 5) is 20.4. The summed E-state index contributed by atoms with van der Waals surface area (Å²) in [6, 6.07) is 0. The number of carbonyl (C=O) groups excluding carboxylic acids is 2. The molecule has 0 atom stereocenters. The highest BCUT2D eigenvalue weighted by Gasteiger charge is 2.28. The molecule has 0 aromatic heterocycles. The Morgan fingerprint density at radius 1 is 1.10 bits per heavy atom. The van der Waals surface area contributed by atoms with E-state index in [1.807, 2.05) is 0 Å². The van der Waals surface area contributed by atoms with Crippen LogP contribution in [0.3, 0.4) is 0 Å². The van der Waals surface area contributed by atoms with Gasteiger partial charge in [-0.25, -0.2) is 0 Å². The van der Waals surface area contributed by atoms with E-state index in [4.69, 9.17) is 10.2 Å². The largest absolute Gasteiger partial charge is 0.369 e. The second-order valence-electron chi connectivity index (χ2n) is 1.70. The van der Waals surface area contributed by atoms with Crippen LogP contribution < -0.4 is 11.5 Å². The summed E-state index contributed by atoms with van der Waals surface area (Å²) in [5.74, 6) is -4.02. The van der Waals surface area contributed by atoms with Gasteiger partial charge in [-0.2, -0.15) is 0 Å². The molecule has 6 N–H and O–H groups in total. The zero-order chi connectivity index (χ0) is 8.31. The highest BCUT2D eigenvalue weighted by molar-refractivity contribution is 5.99. The number of aliphatic hydroxyl groups excluding tert-OH is 1. The highest BCUT2D eigenvalue weighted by atomic mass is 16.5. The fourth-order valence-corrected chi connectivity index (χ4v) is 0.434. The lowest BCUT2D eigenvalue weighted by molar-refractivity contribution is -0.150. The third-order valence-corrected chi connectivity index (χ3v) is 0.911. The Balaban J connectivity index is 4.27. The number of rotatable bonds is 3. The Kier molecular flexibility index (Phi) is 2.78. The quantitative estimate of drug-likeness (QED) is 0.249. The van der Waals surface area contributed by atoms with Crippen molar-refractivity contribution < 1.29 is 19.8 Å². The molecule has 58 valence electrons. The summed E-state index contributed by atoms with van der Waals surface area (Å²) >= 11 is 0. The first kappa shape index (κ1) is 8.86. The monoisotopic (exact) mass is 148 g/mol. The molecule has 2 amide bonds. The van der Waals surface area contributed by atoms with E-state index < -0.39 is 24.0 Å². The van der Waals surface area contributed by atoms with Crippen LogP contribution in [0, 0.1) is 5.92 Å². The molecule has 0 rings (SSSR count). The Labute approximate surface area is 56.4 Å². The predicted molar refractivity (Wildman–Crippen MR) is 30.1 cm³/mol. The lowest BCUT2D eigenvalue weighted by Crippen LogP contribution is -2.42. The van der Waals surface area contributed by atoms with Crippen LogP contribution in [-0.2, 0) is 9.59 Å². The van der Waals surface area contributed by atoms with Crippen LogP contribution in [0.25, 0.3) is 0 Å². The molecule has 0 saturated heterocycles. The number of aliphatic hydroxyl groups is 2. The van der Waals surface area contributed by atoms with Crippen molar-refractivity contribution in [2.24, 2.45) is 17.4 Å². The maximum absolute atomic E-state index is 10.2. The molecular formula is C4H8N2O4. The standard InChI is InChI=1S/C4H8N2O4/c5-2(7)1(3(6)8)4(9)10/h1,4,9-10H,(H2,5,7)(H2,6,8). The Morgan fingerprint density at radius 3 is 1.40 bits per heavy atom. The number of carbonyl (C=O) groups is 2. The molecule has 0 radical (unpaired) electrons. The third kappa shape index (κ3) is 2.00. The summed E-state index contributed by atoms with van der Waals surface area (Å²) in [5, 5.41) is 16.6. The molecule has 0 spiro atoms. The minimum atomic E-state index is -2.12. The van der Waals surface area contributed by atoms with Gasteiger partial charge in [0.2, 0.25) is 11.8 Å². The Bertz CT molecular complexity index is 141. The summed E-state index contributed by atoms with van der Waals surface area (Å²) in [6.07, 6.45) is -2.12. The van der Waals surface area contributed by atoms with Crippen molar-refractivity contribution in [3.8, 4) is 0 Å². The zero-order valence-electron chi connectivity index (χ0n) is 5.02. The summed E-state index contributed by atoms with van der Waals surface area (Å²) in [6.45, 7) is 0. The second kappa shape index (κ2) is 3.14. The van der Waals surface area contributed by atoms with Gasteiger partial charge < -0.3 is 21.7 Å². The third-order valence-electron chi connectivity index (χ3n) is 0.911. The molecule has 0 saturated carbocycles. The molecule has 0 unspecified atom stereocenters. The molecule has 0 aliphatic rings. The normalized spacial score (nSPS) is 10.4. The lowest BCUT2D eigenvalue weighted by atomic mass is 10.1. The van der Waals surface area contributed by atoms with Crippen molar-refractivity contribution in [2.75, 3.05) is 0 Å². The van der Waals surface area contributed by atoms with Gasteiger partial charge in [-0.3, -0.25) is 9.59 Å². The van der Waals surface area contributed by atoms with Gasteiger partial charge in [0.1, 0.15) is 0 Å². The van der Waals surface area contributed by atoms with E-state index >= 15 is 0 Å². The first-order valence-corrected chi connectivity index (χ1v) is 2.41. The number of primary amides is 2. The summed E-state index contributed by atoms with van der Waals surface area (Å²) in [5.41, 5.74) is 9.16. The van der Waals surface area contributed by atoms with Crippen LogP contribution in [0.15, 0.2) is 0 Å². The minimum absolute atomic E-state index is 1.15. The van der Waals surface area contributed by atoms with Crippen molar-refractivity contribution in [2.45, 2.75) is 6.29 Å². The number of hydrogen-bond donors (Lipinski definition) is 4. The maximum Gasteiger partial charge on any atom is 0.235 e. The molecule has 6 heteroatoms. The van der Waals surface area contributed by atoms with Crippen LogP contribution in [-0.4, -0.2) is 28.3 Å². The van der Waals surface area contributed by atoms with Crippen molar-refractivity contribution in [3.63, 3.8) is 0 Å². The first-order valence-electron chi connectivity index (χ1n) is 2.41. The van der Waals surface area contributed by atoms with Crippen molar-refractivity contribution >= 4 is 11.8 Å². The fraction of sp³-hybridized carbons (Fsp3) is 0.500. The molecule has 0 bridgehead atoms. The van der Waals surface area contributed by atoms with Crippen molar-refractivity contribution in [1.29, 1.82) is 0 Å². The van der Waals surface area contributed by atoms with Crippen molar-refractivity contribution in [1.82, 2.24) is 0 Å². The van der Waals surface area contributed by atoms with E-state index in [0.29, 0.717) is 0 Å². The van der Waals surface area contributed by atoms with E-state index in [1.54, 1.807) is 0 Å². The van der Waals surface area contributed by atoms with Crippen LogP contribution in [0.2, 0.25) is 0 Å². The molecule has 0 aromatic rings. The van der Waals surface area contributed by atoms with Gasteiger partial charge in [-0.1, -0.05) is 0 Å². The first-order chi connectivity index (χ1) is 4.46. The van der Waals surface area contributed by atoms with Gasteiger partial charge in [0.05, 0.1) is 0 Å². The smallest absolute Gasteiger partial charge is 0.235 e. The maximum atomic E-state index is 10.2. The van der Waals surface area contributed by atoms with Crippen molar-refractivity contribution in [3.05, 3.63) is 0 Å². The molecule has 0 fully saturated rings. The summed E-state index contributed by atoms with van der Waals surface area (Å²) in [7, 11) is 0. The minimum Gasteiger partial charge on any atom is -0.369 e. The molecule has 10 heavy (non-hydrogen) atoms.